The van der Waals surface area contributed by atoms with E-state index in [9.17, 15) is 0 Å². The van der Waals surface area contributed by atoms with Crippen molar-refractivity contribution in [3.8, 4) is 11.5 Å². The molecule has 0 radical (unpaired) electrons. The molecule has 3 aromatic rings. The van der Waals surface area contributed by atoms with Crippen LogP contribution in [0.25, 0.3) is 17.2 Å². The maximum Gasteiger partial charge on any atom is 0.181 e. The van der Waals surface area contributed by atoms with Crippen molar-refractivity contribution in [3.63, 3.8) is 0 Å². The van der Waals surface area contributed by atoms with Gasteiger partial charge in [-0.15, -0.1) is 0 Å². The van der Waals surface area contributed by atoms with Gasteiger partial charge in [0, 0.05) is 19.5 Å². The first-order valence-corrected chi connectivity index (χ1v) is 7.01. The average molecular weight is 354 g/mol. The zero-order valence-electron chi connectivity index (χ0n) is 10.5. The first kappa shape index (κ1) is 13.5. The van der Waals surface area contributed by atoms with Crippen molar-refractivity contribution >= 4 is 33.2 Å². The van der Waals surface area contributed by atoms with Gasteiger partial charge in [-0.05, 0) is 28.1 Å². The van der Waals surface area contributed by atoms with Gasteiger partial charge in [-0.1, -0.05) is 17.7 Å². The van der Waals surface area contributed by atoms with E-state index in [4.69, 9.17) is 16.3 Å². The van der Waals surface area contributed by atoms with Gasteiger partial charge in [0.15, 0.2) is 5.82 Å². The fourth-order valence-corrected chi connectivity index (χ4v) is 2.33. The summed E-state index contributed by atoms with van der Waals surface area (Å²) in [5.74, 6) is 0.481. The molecule has 7 heteroatoms. The SMILES string of the molecule is COCc1nc(-c2cn3ccccc3n2)nc(Cl)c1Br. The van der Waals surface area contributed by atoms with E-state index in [-0.39, 0.29) is 0 Å². The number of rotatable bonds is 3. The summed E-state index contributed by atoms with van der Waals surface area (Å²) in [6, 6.07) is 5.78. The van der Waals surface area contributed by atoms with Crippen molar-refractivity contribution < 1.29 is 4.74 Å². The molecule has 0 unspecified atom stereocenters. The topological polar surface area (TPSA) is 52.3 Å². The van der Waals surface area contributed by atoms with Crippen molar-refractivity contribution in [3.05, 3.63) is 45.9 Å². The van der Waals surface area contributed by atoms with Crippen LogP contribution < -0.4 is 0 Å². The molecular weight excluding hydrogens is 344 g/mol. The van der Waals surface area contributed by atoms with Crippen LogP contribution in [-0.2, 0) is 11.3 Å². The highest BCUT2D eigenvalue weighted by Gasteiger charge is 2.14. The van der Waals surface area contributed by atoms with E-state index in [1.165, 1.54) is 0 Å². The second-order valence-electron chi connectivity index (χ2n) is 4.12. The lowest BCUT2D eigenvalue weighted by molar-refractivity contribution is 0.181. The third-order valence-electron chi connectivity index (χ3n) is 2.75. The van der Waals surface area contributed by atoms with Crippen LogP contribution in [0, 0.1) is 0 Å². The molecule has 0 spiro atoms. The van der Waals surface area contributed by atoms with Gasteiger partial charge in [0.2, 0.25) is 0 Å². The van der Waals surface area contributed by atoms with Gasteiger partial charge in [-0.3, -0.25) is 0 Å². The number of ether oxygens (including phenoxy) is 1. The van der Waals surface area contributed by atoms with E-state index in [0.29, 0.717) is 33.4 Å². The Morgan fingerprint density at radius 3 is 2.90 bits per heavy atom. The Hall–Kier alpha value is -1.50. The molecule has 0 aromatic carbocycles. The molecule has 0 fully saturated rings. The number of hydrogen-bond donors (Lipinski definition) is 0. The van der Waals surface area contributed by atoms with E-state index in [0.717, 1.165) is 5.65 Å². The van der Waals surface area contributed by atoms with Gasteiger partial charge in [-0.25, -0.2) is 15.0 Å². The Kier molecular flexibility index (Phi) is 3.69. The van der Waals surface area contributed by atoms with Gasteiger partial charge < -0.3 is 9.14 Å². The van der Waals surface area contributed by atoms with Crippen molar-refractivity contribution in [2.75, 3.05) is 7.11 Å². The lowest BCUT2D eigenvalue weighted by atomic mass is 10.4. The molecule has 3 aromatic heterocycles. The smallest absolute Gasteiger partial charge is 0.181 e. The summed E-state index contributed by atoms with van der Waals surface area (Å²) in [6.07, 6.45) is 3.79. The number of methoxy groups -OCH3 is 1. The van der Waals surface area contributed by atoms with Crippen molar-refractivity contribution in [2.45, 2.75) is 6.61 Å². The molecule has 0 aliphatic heterocycles. The number of nitrogens with zero attached hydrogens (tertiary/aromatic N) is 4. The van der Waals surface area contributed by atoms with Crippen LogP contribution in [0.3, 0.4) is 0 Å². The van der Waals surface area contributed by atoms with Crippen molar-refractivity contribution in [1.29, 1.82) is 0 Å². The molecule has 0 bridgehead atoms. The summed E-state index contributed by atoms with van der Waals surface area (Å²) >= 11 is 9.48. The van der Waals surface area contributed by atoms with Crippen LogP contribution in [0.1, 0.15) is 5.69 Å². The summed E-state index contributed by atoms with van der Waals surface area (Å²) in [5, 5.41) is 0.346. The van der Waals surface area contributed by atoms with Crippen molar-refractivity contribution in [1.82, 2.24) is 19.4 Å². The van der Waals surface area contributed by atoms with Gasteiger partial charge in [0.1, 0.15) is 16.5 Å². The number of imidazole rings is 1. The van der Waals surface area contributed by atoms with E-state index in [2.05, 4.69) is 30.9 Å². The van der Waals surface area contributed by atoms with E-state index >= 15 is 0 Å². The molecule has 0 aliphatic carbocycles. The average Bonchev–Trinajstić information content (AvgIpc) is 2.87. The summed E-state index contributed by atoms with van der Waals surface area (Å²) in [6.45, 7) is 0.350. The minimum Gasteiger partial charge on any atom is -0.378 e. The van der Waals surface area contributed by atoms with Crippen LogP contribution in [0.2, 0.25) is 5.15 Å². The minimum absolute atomic E-state index is 0.346. The molecule has 0 saturated carbocycles. The Labute approximate surface area is 128 Å². The van der Waals surface area contributed by atoms with Crippen LogP contribution >= 0.6 is 27.5 Å². The maximum atomic E-state index is 6.12. The van der Waals surface area contributed by atoms with Gasteiger partial charge >= 0.3 is 0 Å². The monoisotopic (exact) mass is 352 g/mol. The summed E-state index contributed by atoms with van der Waals surface area (Å²) in [7, 11) is 1.60. The van der Waals surface area contributed by atoms with Crippen LogP contribution in [0.15, 0.2) is 35.1 Å². The van der Waals surface area contributed by atoms with E-state index < -0.39 is 0 Å². The number of fused-ring (bicyclic) bond motifs is 1. The Morgan fingerprint density at radius 2 is 2.15 bits per heavy atom. The second-order valence-corrected chi connectivity index (χ2v) is 5.27. The van der Waals surface area contributed by atoms with Gasteiger partial charge in [0.05, 0.1) is 16.8 Å². The molecule has 20 heavy (non-hydrogen) atoms. The third-order valence-corrected chi connectivity index (χ3v) is 4.09. The lowest BCUT2D eigenvalue weighted by Gasteiger charge is -2.05. The summed E-state index contributed by atoms with van der Waals surface area (Å²) in [4.78, 5) is 13.2. The first-order valence-electron chi connectivity index (χ1n) is 5.84. The second kappa shape index (κ2) is 5.47. The standard InChI is InChI=1S/C13H10BrClN4O/c1-20-7-9-11(14)12(15)18-13(17-9)8-6-19-5-3-2-4-10(19)16-8/h2-6H,7H2,1H3. The molecular formula is C13H10BrClN4O. The predicted octanol–water partition coefficient (Wildman–Crippen LogP) is 3.35. The highest BCUT2D eigenvalue weighted by atomic mass is 79.9. The molecule has 3 heterocycles. The minimum atomic E-state index is 0.346. The predicted molar refractivity (Wildman–Crippen MR) is 79.6 cm³/mol. The Bertz CT molecular complexity index is 741. The largest absolute Gasteiger partial charge is 0.378 e. The van der Waals surface area contributed by atoms with E-state index in [1.54, 1.807) is 7.11 Å². The normalized spacial score (nSPS) is 11.2. The number of halogens is 2. The molecule has 3 rings (SSSR count). The summed E-state index contributed by atoms with van der Waals surface area (Å²) in [5.41, 5.74) is 2.20. The first-order chi connectivity index (χ1) is 9.69. The highest BCUT2D eigenvalue weighted by Crippen LogP contribution is 2.27. The molecule has 0 aliphatic rings. The van der Waals surface area contributed by atoms with E-state index in [1.807, 2.05) is 35.0 Å². The fourth-order valence-electron chi connectivity index (χ4n) is 1.85. The van der Waals surface area contributed by atoms with Gasteiger partial charge in [0.25, 0.3) is 0 Å². The van der Waals surface area contributed by atoms with Crippen LogP contribution in [0.5, 0.6) is 0 Å². The third kappa shape index (κ3) is 2.42. The van der Waals surface area contributed by atoms with Gasteiger partial charge in [-0.2, -0.15) is 0 Å². The number of hydrogen-bond acceptors (Lipinski definition) is 4. The lowest BCUT2D eigenvalue weighted by Crippen LogP contribution is -2.00. The van der Waals surface area contributed by atoms with Crippen molar-refractivity contribution in [2.24, 2.45) is 0 Å². The molecule has 0 saturated heterocycles. The quantitative estimate of drug-likeness (QED) is 0.678. The highest BCUT2D eigenvalue weighted by molar-refractivity contribution is 9.10. The zero-order chi connectivity index (χ0) is 14.1. The zero-order valence-corrected chi connectivity index (χ0v) is 12.9. The molecule has 0 atom stereocenters. The maximum absolute atomic E-state index is 6.12. The molecule has 0 amide bonds. The summed E-state index contributed by atoms with van der Waals surface area (Å²) < 4.78 is 7.66. The van der Waals surface area contributed by atoms with Crippen LogP contribution in [-0.4, -0.2) is 26.5 Å². The Morgan fingerprint density at radius 1 is 1.30 bits per heavy atom. The fraction of sp³-hybridized carbons (Fsp3) is 0.154. The molecule has 5 nitrogen and oxygen atoms in total. The number of pyridine rings is 1. The number of aromatic nitrogens is 4. The van der Waals surface area contributed by atoms with Crippen LogP contribution in [0.4, 0.5) is 0 Å². The molecule has 0 N–H and O–H groups in total. The Balaban J connectivity index is 2.13. The molecule has 102 valence electrons.